The first-order chi connectivity index (χ1) is 12.2. The molecule has 152 valence electrons. The van der Waals surface area contributed by atoms with Crippen LogP contribution in [0.4, 0.5) is 18.0 Å². The lowest BCUT2D eigenvalue weighted by atomic mass is 9.96. The number of carbonyl (C=O) groups excluding carboxylic acids is 2. The number of nitrogens with zero attached hydrogens (tertiary/aromatic N) is 3. The van der Waals surface area contributed by atoms with Crippen molar-refractivity contribution in [3.63, 3.8) is 0 Å². The maximum atomic E-state index is 12.3. The molecule has 3 amide bonds. The van der Waals surface area contributed by atoms with E-state index in [1.54, 1.807) is 9.80 Å². The minimum absolute atomic E-state index is 0.0153. The minimum Gasteiger partial charge on any atom is -0.356 e. The number of amides is 3. The van der Waals surface area contributed by atoms with Gasteiger partial charge in [-0.1, -0.05) is 0 Å². The highest BCUT2D eigenvalue weighted by atomic mass is 19.4. The van der Waals surface area contributed by atoms with E-state index in [1.165, 1.54) is 11.9 Å². The lowest BCUT2D eigenvalue weighted by molar-refractivity contribution is -0.143. The molecule has 0 saturated carbocycles. The molecule has 0 radical (unpaired) electrons. The van der Waals surface area contributed by atoms with E-state index in [0.717, 1.165) is 0 Å². The Bertz CT molecular complexity index is 448. The highest BCUT2D eigenvalue weighted by Gasteiger charge is 2.30. The summed E-state index contributed by atoms with van der Waals surface area (Å²) >= 11 is 0. The van der Waals surface area contributed by atoms with E-state index in [1.807, 2.05) is 13.8 Å². The van der Waals surface area contributed by atoms with Crippen LogP contribution in [-0.2, 0) is 4.79 Å². The molecule has 1 rings (SSSR count). The molecule has 0 unspecified atom stereocenters. The van der Waals surface area contributed by atoms with Gasteiger partial charge >= 0.3 is 12.2 Å². The molecule has 0 atom stereocenters. The first-order valence-electron chi connectivity index (χ1n) is 9.24. The van der Waals surface area contributed by atoms with Crippen LogP contribution < -0.4 is 5.32 Å². The van der Waals surface area contributed by atoms with E-state index in [0.29, 0.717) is 52.0 Å². The zero-order valence-electron chi connectivity index (χ0n) is 15.9. The van der Waals surface area contributed by atoms with Gasteiger partial charge in [0, 0.05) is 38.6 Å². The van der Waals surface area contributed by atoms with Gasteiger partial charge in [0.05, 0.1) is 6.54 Å². The van der Waals surface area contributed by atoms with Gasteiger partial charge in [0.15, 0.2) is 0 Å². The fraction of sp³-hybridized carbons (Fsp3) is 0.882. The number of hydrogen-bond acceptors (Lipinski definition) is 3. The quantitative estimate of drug-likeness (QED) is 0.657. The van der Waals surface area contributed by atoms with Crippen LogP contribution >= 0.6 is 0 Å². The Labute approximate surface area is 153 Å². The second kappa shape index (κ2) is 10.6. The van der Waals surface area contributed by atoms with E-state index in [9.17, 15) is 22.8 Å². The zero-order valence-corrected chi connectivity index (χ0v) is 15.9. The molecule has 1 heterocycles. The van der Waals surface area contributed by atoms with Crippen LogP contribution in [0.2, 0.25) is 0 Å². The maximum Gasteiger partial charge on any atom is 0.401 e. The number of halogens is 3. The Morgan fingerprint density at radius 1 is 1.15 bits per heavy atom. The second-order valence-electron chi connectivity index (χ2n) is 6.71. The molecule has 1 fully saturated rings. The second-order valence-corrected chi connectivity index (χ2v) is 6.71. The first kappa shape index (κ1) is 22.5. The maximum absolute atomic E-state index is 12.3. The van der Waals surface area contributed by atoms with Crippen molar-refractivity contribution in [3.8, 4) is 0 Å². The minimum atomic E-state index is -4.20. The molecule has 1 saturated heterocycles. The van der Waals surface area contributed by atoms with Crippen molar-refractivity contribution in [2.75, 3.05) is 52.9 Å². The van der Waals surface area contributed by atoms with Crippen LogP contribution in [0.3, 0.4) is 0 Å². The van der Waals surface area contributed by atoms with Crippen LogP contribution in [-0.4, -0.2) is 85.7 Å². The van der Waals surface area contributed by atoms with Crippen LogP contribution in [0.25, 0.3) is 0 Å². The summed E-state index contributed by atoms with van der Waals surface area (Å²) in [6.07, 6.45) is -2.49. The average molecular weight is 380 g/mol. The number of likely N-dealkylation sites (tertiary alicyclic amines) is 1. The number of nitrogens with one attached hydrogen (secondary N) is 1. The van der Waals surface area contributed by atoms with Gasteiger partial charge in [-0.15, -0.1) is 0 Å². The molecule has 0 bridgehead atoms. The number of alkyl halides is 3. The van der Waals surface area contributed by atoms with E-state index in [-0.39, 0.29) is 24.4 Å². The predicted molar refractivity (Wildman–Crippen MR) is 93.8 cm³/mol. The summed E-state index contributed by atoms with van der Waals surface area (Å²) < 4.78 is 36.7. The van der Waals surface area contributed by atoms with Crippen molar-refractivity contribution >= 4 is 11.9 Å². The lowest BCUT2D eigenvalue weighted by Gasteiger charge is -2.34. The van der Waals surface area contributed by atoms with Crippen LogP contribution in [0.1, 0.15) is 33.1 Å². The predicted octanol–water partition coefficient (Wildman–Crippen LogP) is 2.16. The van der Waals surface area contributed by atoms with Crippen LogP contribution in [0, 0.1) is 5.92 Å². The van der Waals surface area contributed by atoms with Crippen molar-refractivity contribution in [2.24, 2.45) is 5.92 Å². The summed E-state index contributed by atoms with van der Waals surface area (Å²) in [6.45, 7) is 6.01. The average Bonchev–Trinajstić information content (AvgIpc) is 2.58. The Morgan fingerprint density at radius 3 is 2.23 bits per heavy atom. The number of piperidine rings is 1. The highest BCUT2D eigenvalue weighted by Crippen LogP contribution is 2.19. The summed E-state index contributed by atoms with van der Waals surface area (Å²) in [7, 11) is 1.41. The number of carbonyl (C=O) groups is 2. The summed E-state index contributed by atoms with van der Waals surface area (Å²) in [5, 5.41) is 2.80. The fourth-order valence-electron chi connectivity index (χ4n) is 3.12. The molecule has 0 aromatic heterocycles. The van der Waals surface area contributed by atoms with Crippen LogP contribution in [0.15, 0.2) is 0 Å². The third-order valence-electron chi connectivity index (χ3n) is 4.64. The van der Waals surface area contributed by atoms with E-state index in [4.69, 9.17) is 0 Å². The third kappa shape index (κ3) is 7.80. The van der Waals surface area contributed by atoms with Gasteiger partial charge in [-0.2, -0.15) is 13.2 Å². The Morgan fingerprint density at radius 2 is 1.73 bits per heavy atom. The molecule has 0 spiro atoms. The molecular weight excluding hydrogens is 349 g/mol. The number of hydrogen-bond donors (Lipinski definition) is 1. The van der Waals surface area contributed by atoms with E-state index >= 15 is 0 Å². The number of rotatable bonds is 8. The summed E-state index contributed by atoms with van der Waals surface area (Å²) in [6, 6.07) is 0.0153. The van der Waals surface area contributed by atoms with Gasteiger partial charge in [-0.25, -0.2) is 4.79 Å². The van der Waals surface area contributed by atoms with E-state index < -0.39 is 12.7 Å². The molecule has 1 aliphatic rings. The molecule has 1 aliphatic heterocycles. The normalized spacial score (nSPS) is 16.0. The molecule has 0 aliphatic carbocycles. The first-order valence-corrected chi connectivity index (χ1v) is 9.24. The third-order valence-corrected chi connectivity index (χ3v) is 4.64. The topological polar surface area (TPSA) is 55.9 Å². The SMILES string of the molecule is CCN(CC)C(=O)N1CCC(C(=O)NCCCN(C)CC(F)(F)F)CC1. The highest BCUT2D eigenvalue weighted by molar-refractivity contribution is 5.79. The Kier molecular flexibility index (Phi) is 9.18. The Balaban J connectivity index is 2.25. The van der Waals surface area contributed by atoms with Gasteiger partial charge in [0.2, 0.25) is 5.91 Å². The summed E-state index contributed by atoms with van der Waals surface area (Å²) in [5.74, 6) is -0.206. The monoisotopic (exact) mass is 380 g/mol. The fourth-order valence-corrected chi connectivity index (χ4v) is 3.12. The molecule has 0 aromatic rings. The van der Waals surface area contributed by atoms with Crippen molar-refractivity contribution in [1.29, 1.82) is 0 Å². The Hall–Kier alpha value is -1.51. The molecule has 1 N–H and O–H groups in total. The van der Waals surface area contributed by atoms with Crippen molar-refractivity contribution in [2.45, 2.75) is 39.3 Å². The van der Waals surface area contributed by atoms with Crippen molar-refractivity contribution in [1.82, 2.24) is 20.0 Å². The van der Waals surface area contributed by atoms with Gasteiger partial charge < -0.3 is 15.1 Å². The molecule has 9 heteroatoms. The number of urea groups is 1. The van der Waals surface area contributed by atoms with Gasteiger partial charge in [0.25, 0.3) is 0 Å². The lowest BCUT2D eigenvalue weighted by Crippen LogP contribution is -2.48. The largest absolute Gasteiger partial charge is 0.401 e. The zero-order chi connectivity index (χ0) is 19.7. The van der Waals surface area contributed by atoms with Crippen molar-refractivity contribution < 1.29 is 22.8 Å². The standard InChI is InChI=1S/C17H31F3N4O2/c1-4-23(5-2)16(26)24-11-7-14(8-12-24)15(25)21-9-6-10-22(3)13-17(18,19)20/h14H,4-13H2,1-3H3,(H,21,25). The smallest absolute Gasteiger partial charge is 0.356 e. The molecule has 0 aromatic carbocycles. The van der Waals surface area contributed by atoms with Gasteiger partial charge in [0.1, 0.15) is 0 Å². The van der Waals surface area contributed by atoms with Gasteiger partial charge in [-0.3, -0.25) is 9.69 Å². The molecule has 26 heavy (non-hydrogen) atoms. The van der Waals surface area contributed by atoms with Crippen LogP contribution in [0.5, 0.6) is 0 Å². The summed E-state index contributed by atoms with van der Waals surface area (Å²) in [5.41, 5.74) is 0. The molecule has 6 nitrogen and oxygen atoms in total. The van der Waals surface area contributed by atoms with Crippen molar-refractivity contribution in [3.05, 3.63) is 0 Å². The van der Waals surface area contributed by atoms with Gasteiger partial charge in [-0.05, 0) is 46.7 Å². The molecular formula is C17H31F3N4O2. The van der Waals surface area contributed by atoms with E-state index in [2.05, 4.69) is 5.32 Å². The summed E-state index contributed by atoms with van der Waals surface area (Å²) in [4.78, 5) is 29.2.